The van der Waals surface area contributed by atoms with Crippen molar-refractivity contribution in [3.8, 4) is 0 Å². The molecule has 0 aromatic carbocycles. The maximum absolute atomic E-state index is 5.88. The summed E-state index contributed by atoms with van der Waals surface area (Å²) in [5.41, 5.74) is 9.31. The number of ether oxygens (including phenoxy) is 1. The highest BCUT2D eigenvalue weighted by Gasteiger charge is 2.18. The molecule has 0 bridgehead atoms. The lowest BCUT2D eigenvalue weighted by Crippen LogP contribution is -2.26. The van der Waals surface area contributed by atoms with Crippen molar-refractivity contribution in [1.29, 1.82) is 0 Å². The molecule has 0 unspecified atom stereocenters. The number of pyridine rings is 1. The van der Waals surface area contributed by atoms with Crippen molar-refractivity contribution >= 4 is 23.0 Å². The van der Waals surface area contributed by atoms with E-state index in [1.165, 1.54) is 24.1 Å². The van der Waals surface area contributed by atoms with Gasteiger partial charge in [0.25, 0.3) is 0 Å². The van der Waals surface area contributed by atoms with E-state index in [-0.39, 0.29) is 0 Å². The summed E-state index contributed by atoms with van der Waals surface area (Å²) in [6.07, 6.45) is 5.56. The molecule has 0 fully saturated rings. The minimum absolute atomic E-state index is 0.430. The second-order valence-corrected chi connectivity index (χ2v) is 5.74. The highest BCUT2D eigenvalue weighted by molar-refractivity contribution is 7.80. The molecule has 1 heterocycles. The summed E-state index contributed by atoms with van der Waals surface area (Å²) in [5, 5.41) is 0. The fourth-order valence-corrected chi connectivity index (χ4v) is 2.80. The van der Waals surface area contributed by atoms with Gasteiger partial charge in [0.2, 0.25) is 0 Å². The highest BCUT2D eigenvalue weighted by atomic mass is 32.1. The van der Waals surface area contributed by atoms with Gasteiger partial charge < -0.3 is 15.4 Å². The van der Waals surface area contributed by atoms with Crippen molar-refractivity contribution in [3.05, 3.63) is 22.9 Å². The van der Waals surface area contributed by atoms with Crippen LogP contribution < -0.4 is 10.6 Å². The summed E-state index contributed by atoms with van der Waals surface area (Å²) in [5.74, 6) is 0.911. The van der Waals surface area contributed by atoms with E-state index in [2.05, 4.69) is 11.0 Å². The highest BCUT2D eigenvalue weighted by Crippen LogP contribution is 2.26. The summed E-state index contributed by atoms with van der Waals surface area (Å²) in [6.45, 7) is 1.63. The molecule has 20 heavy (non-hydrogen) atoms. The third-order valence-electron chi connectivity index (χ3n) is 3.75. The molecule has 4 nitrogen and oxygen atoms in total. The molecule has 1 aromatic rings. The molecule has 2 N–H and O–H groups in total. The van der Waals surface area contributed by atoms with Crippen LogP contribution in [-0.2, 0) is 17.6 Å². The first kappa shape index (κ1) is 15.2. The van der Waals surface area contributed by atoms with E-state index in [0.717, 1.165) is 43.8 Å². The molecule has 110 valence electrons. The Labute approximate surface area is 126 Å². The van der Waals surface area contributed by atoms with E-state index in [0.29, 0.717) is 4.99 Å². The Morgan fingerprint density at radius 1 is 1.45 bits per heavy atom. The van der Waals surface area contributed by atoms with E-state index in [1.807, 2.05) is 7.05 Å². The number of rotatable bonds is 6. The minimum atomic E-state index is 0.430. The zero-order valence-electron chi connectivity index (χ0n) is 12.3. The largest absolute Gasteiger partial charge is 0.389 e. The number of aromatic nitrogens is 1. The molecule has 0 saturated heterocycles. The molecule has 1 aromatic heterocycles. The lowest BCUT2D eigenvalue weighted by atomic mass is 9.94. The molecule has 0 atom stereocenters. The lowest BCUT2D eigenvalue weighted by Gasteiger charge is -2.24. The molecular formula is C15H23N3OS. The third-order valence-corrected chi connectivity index (χ3v) is 3.97. The average molecular weight is 293 g/mol. The van der Waals surface area contributed by atoms with Gasteiger partial charge in [0.1, 0.15) is 10.8 Å². The number of nitrogens with two attached hydrogens (primary N) is 1. The lowest BCUT2D eigenvalue weighted by molar-refractivity contribution is 0.196. The van der Waals surface area contributed by atoms with Gasteiger partial charge in [-0.05, 0) is 43.7 Å². The smallest absolute Gasteiger partial charge is 0.138 e. The number of methoxy groups -OCH3 is 1. The van der Waals surface area contributed by atoms with Crippen LogP contribution in [0.1, 0.15) is 36.1 Å². The van der Waals surface area contributed by atoms with E-state index >= 15 is 0 Å². The average Bonchev–Trinajstić information content (AvgIpc) is 2.46. The number of aryl methyl sites for hydroxylation is 2. The Balaban J connectivity index is 2.27. The van der Waals surface area contributed by atoms with Gasteiger partial charge in [0.15, 0.2) is 0 Å². The van der Waals surface area contributed by atoms with Crippen LogP contribution in [0.4, 0.5) is 5.82 Å². The normalized spacial score (nSPS) is 13.9. The summed E-state index contributed by atoms with van der Waals surface area (Å²) in [4.78, 5) is 7.39. The molecule has 0 saturated carbocycles. The van der Waals surface area contributed by atoms with Gasteiger partial charge in [-0.15, -0.1) is 0 Å². The van der Waals surface area contributed by atoms with E-state index < -0.39 is 0 Å². The Morgan fingerprint density at radius 2 is 2.20 bits per heavy atom. The van der Waals surface area contributed by atoms with E-state index in [9.17, 15) is 0 Å². The number of hydrogen-bond acceptors (Lipinski definition) is 4. The summed E-state index contributed by atoms with van der Waals surface area (Å²) < 4.78 is 5.10. The minimum Gasteiger partial charge on any atom is -0.389 e. The second kappa shape index (κ2) is 6.99. The molecule has 2 rings (SSSR count). The third kappa shape index (κ3) is 3.46. The Morgan fingerprint density at radius 3 is 2.90 bits per heavy atom. The first-order valence-electron chi connectivity index (χ1n) is 7.16. The van der Waals surface area contributed by atoms with Gasteiger partial charge in [0, 0.05) is 33.0 Å². The first-order chi connectivity index (χ1) is 9.63. The standard InChI is InChI=1S/C15H23N3OS/c1-18(8-5-9-19-2)15-12(14(16)20)10-11-6-3-4-7-13(11)17-15/h10H,3-9H2,1-2H3,(H2,16,20). The van der Waals surface area contributed by atoms with Crippen molar-refractivity contribution in [3.63, 3.8) is 0 Å². The van der Waals surface area contributed by atoms with Crippen molar-refractivity contribution in [2.45, 2.75) is 32.1 Å². The second-order valence-electron chi connectivity index (χ2n) is 5.30. The predicted octanol–water partition coefficient (Wildman–Crippen LogP) is 2.07. The fraction of sp³-hybridized carbons (Fsp3) is 0.600. The first-order valence-corrected chi connectivity index (χ1v) is 7.57. The van der Waals surface area contributed by atoms with Crippen LogP contribution in [0.5, 0.6) is 0 Å². The predicted molar refractivity (Wildman–Crippen MR) is 86.5 cm³/mol. The molecular weight excluding hydrogens is 270 g/mol. The van der Waals surface area contributed by atoms with E-state index in [4.69, 9.17) is 27.7 Å². The van der Waals surface area contributed by atoms with Crippen LogP contribution in [-0.4, -0.2) is 37.3 Å². The molecule has 1 aliphatic rings. The van der Waals surface area contributed by atoms with Crippen LogP contribution in [0, 0.1) is 0 Å². The van der Waals surface area contributed by atoms with Gasteiger partial charge in [-0.3, -0.25) is 0 Å². The SMILES string of the molecule is COCCCN(C)c1nc2c(cc1C(N)=S)CCCC2. The summed E-state index contributed by atoms with van der Waals surface area (Å²) in [6, 6.07) is 2.14. The molecule has 0 spiro atoms. The van der Waals surface area contributed by atoms with E-state index in [1.54, 1.807) is 7.11 Å². The van der Waals surface area contributed by atoms with Crippen molar-refractivity contribution in [1.82, 2.24) is 4.98 Å². The molecule has 5 heteroatoms. The zero-order chi connectivity index (χ0) is 14.5. The quantitative estimate of drug-likeness (QED) is 0.643. The van der Waals surface area contributed by atoms with Crippen LogP contribution >= 0.6 is 12.2 Å². The monoisotopic (exact) mass is 293 g/mol. The van der Waals surface area contributed by atoms with Gasteiger partial charge in [-0.25, -0.2) is 4.98 Å². The van der Waals surface area contributed by atoms with Gasteiger partial charge in [0.05, 0.1) is 5.56 Å². The number of nitrogens with zero attached hydrogens (tertiary/aromatic N) is 2. The van der Waals surface area contributed by atoms with Crippen molar-refractivity contribution < 1.29 is 4.74 Å². The van der Waals surface area contributed by atoms with Crippen LogP contribution in [0.25, 0.3) is 0 Å². The molecule has 0 aliphatic heterocycles. The summed E-state index contributed by atoms with van der Waals surface area (Å²) in [7, 11) is 3.76. The summed E-state index contributed by atoms with van der Waals surface area (Å²) >= 11 is 5.20. The topological polar surface area (TPSA) is 51.4 Å². The Kier molecular flexibility index (Phi) is 5.31. The number of hydrogen-bond donors (Lipinski definition) is 1. The van der Waals surface area contributed by atoms with Crippen LogP contribution in [0.3, 0.4) is 0 Å². The molecule has 0 amide bonds. The molecule has 1 aliphatic carbocycles. The number of fused-ring (bicyclic) bond motifs is 1. The van der Waals surface area contributed by atoms with Gasteiger partial charge >= 0.3 is 0 Å². The van der Waals surface area contributed by atoms with Crippen molar-refractivity contribution in [2.75, 3.05) is 32.2 Å². The maximum Gasteiger partial charge on any atom is 0.138 e. The maximum atomic E-state index is 5.88. The van der Waals surface area contributed by atoms with Crippen molar-refractivity contribution in [2.24, 2.45) is 5.73 Å². The molecule has 0 radical (unpaired) electrons. The van der Waals surface area contributed by atoms with Gasteiger partial charge in [-0.1, -0.05) is 12.2 Å². The van der Waals surface area contributed by atoms with Crippen LogP contribution in [0.2, 0.25) is 0 Å². The fourth-order valence-electron chi connectivity index (χ4n) is 2.65. The number of anilines is 1. The zero-order valence-corrected chi connectivity index (χ0v) is 13.1. The van der Waals surface area contributed by atoms with Crippen LogP contribution in [0.15, 0.2) is 6.07 Å². The van der Waals surface area contributed by atoms with Gasteiger partial charge in [-0.2, -0.15) is 0 Å². The Hall–Kier alpha value is -1.20. The number of thiocarbonyl (C=S) groups is 1. The Bertz CT molecular complexity index is 490.